The second kappa shape index (κ2) is 3.71. The Balaban J connectivity index is 0.000000853. The Labute approximate surface area is 88.9 Å². The van der Waals surface area contributed by atoms with Crippen molar-refractivity contribution in [3.8, 4) is 0 Å². The molecule has 0 amide bonds. The molecule has 15 heavy (non-hydrogen) atoms. The largest absolute Gasteiger partial charge is 0.0616 e. The smallest absolute Gasteiger partial charge is 0 e. The fourth-order valence-electron chi connectivity index (χ4n) is 1.95. The van der Waals surface area contributed by atoms with Crippen molar-refractivity contribution in [1.29, 1.82) is 0 Å². The highest BCUT2D eigenvalue weighted by atomic mass is 14.0. The third-order valence-corrected chi connectivity index (χ3v) is 2.65. The highest BCUT2D eigenvalue weighted by Crippen LogP contribution is 2.24. The Morgan fingerprint density at radius 3 is 1.33 bits per heavy atom. The van der Waals surface area contributed by atoms with E-state index in [4.69, 9.17) is 0 Å². The zero-order valence-electron chi connectivity index (χ0n) is 8.22. The van der Waals surface area contributed by atoms with Crippen LogP contribution in [-0.2, 0) is 0 Å². The number of hydrogen-bond acceptors (Lipinski definition) is 0. The first-order valence-electron chi connectivity index (χ1n) is 4.82. The molecule has 3 radical (unpaired) electrons. The van der Waals surface area contributed by atoms with Crippen LogP contribution >= 0.6 is 0 Å². The van der Waals surface area contributed by atoms with E-state index in [0.717, 1.165) is 0 Å². The van der Waals surface area contributed by atoms with Crippen molar-refractivity contribution in [3.63, 3.8) is 0 Å². The molecule has 0 aromatic heterocycles. The molecule has 0 aliphatic carbocycles. The van der Waals surface area contributed by atoms with Gasteiger partial charge >= 0.3 is 0 Å². The Morgan fingerprint density at radius 1 is 0.467 bits per heavy atom. The van der Waals surface area contributed by atoms with Crippen LogP contribution in [0.25, 0.3) is 21.5 Å². The molecule has 0 saturated heterocycles. The van der Waals surface area contributed by atoms with Gasteiger partial charge in [-0.3, -0.25) is 0 Å². The minimum atomic E-state index is 0. The summed E-state index contributed by atoms with van der Waals surface area (Å²) in [4.78, 5) is 0. The van der Waals surface area contributed by atoms with Crippen LogP contribution in [0.3, 0.4) is 0 Å². The summed E-state index contributed by atoms with van der Waals surface area (Å²) in [5.74, 6) is 0. The summed E-state index contributed by atoms with van der Waals surface area (Å²) < 4.78 is 0. The van der Waals surface area contributed by atoms with Crippen molar-refractivity contribution >= 4 is 21.5 Å². The molecule has 71 valence electrons. The Bertz CT molecular complexity index is 544. The molecule has 3 aromatic carbocycles. The standard InChI is InChI=1S/C14H10.N/c1-3-7-13-11(5-1)9-10-12-6-2-4-8-14(12)13;/h1-10H;. The Morgan fingerprint density at radius 2 is 0.867 bits per heavy atom. The number of rotatable bonds is 0. The monoisotopic (exact) mass is 192 g/mol. The fourth-order valence-corrected chi connectivity index (χ4v) is 1.95. The third kappa shape index (κ3) is 1.47. The summed E-state index contributed by atoms with van der Waals surface area (Å²) in [5.41, 5.74) is 0. The van der Waals surface area contributed by atoms with Crippen molar-refractivity contribution in [2.75, 3.05) is 0 Å². The second-order valence-electron chi connectivity index (χ2n) is 3.51. The first-order chi connectivity index (χ1) is 6.95. The van der Waals surface area contributed by atoms with Gasteiger partial charge in [0.15, 0.2) is 0 Å². The maximum atomic E-state index is 2.18. The summed E-state index contributed by atoms with van der Waals surface area (Å²) in [6, 6.07) is 21.4. The SMILES string of the molecule is [N].c1ccc2c(c1)ccc1ccccc12. The van der Waals surface area contributed by atoms with Crippen LogP contribution in [0.2, 0.25) is 0 Å². The molecular weight excluding hydrogens is 182 g/mol. The molecule has 0 N–H and O–H groups in total. The van der Waals surface area contributed by atoms with Crippen LogP contribution in [0.15, 0.2) is 60.7 Å². The molecule has 3 aromatic rings. The molecule has 0 spiro atoms. The normalized spacial score (nSPS) is 10.1. The molecule has 0 aliphatic rings. The van der Waals surface area contributed by atoms with Crippen molar-refractivity contribution in [3.05, 3.63) is 60.7 Å². The average Bonchev–Trinajstić information content (AvgIpc) is 2.29. The molecule has 0 aliphatic heterocycles. The highest BCUT2D eigenvalue weighted by Gasteiger charge is 1.97. The molecule has 0 heterocycles. The molecule has 3 rings (SSSR count). The average molecular weight is 192 g/mol. The molecule has 1 nitrogen and oxygen atoms in total. The van der Waals surface area contributed by atoms with E-state index in [2.05, 4.69) is 60.7 Å². The van der Waals surface area contributed by atoms with Crippen LogP contribution in [0.5, 0.6) is 0 Å². The zero-order chi connectivity index (χ0) is 9.38. The molecule has 1 heteroatoms. The van der Waals surface area contributed by atoms with E-state index in [0.29, 0.717) is 0 Å². The van der Waals surface area contributed by atoms with Crippen LogP contribution in [0.1, 0.15) is 0 Å². The van der Waals surface area contributed by atoms with Crippen LogP contribution in [-0.4, -0.2) is 0 Å². The number of hydrogen-bond donors (Lipinski definition) is 0. The van der Waals surface area contributed by atoms with Gasteiger partial charge in [-0.1, -0.05) is 60.7 Å². The summed E-state index contributed by atoms with van der Waals surface area (Å²) in [5, 5.41) is 5.30. The topological polar surface area (TPSA) is 30.5 Å². The van der Waals surface area contributed by atoms with E-state index >= 15 is 0 Å². The summed E-state index contributed by atoms with van der Waals surface area (Å²) in [7, 11) is 0. The van der Waals surface area contributed by atoms with Gasteiger partial charge in [0.1, 0.15) is 0 Å². The predicted molar refractivity (Wildman–Crippen MR) is 63.6 cm³/mol. The van der Waals surface area contributed by atoms with E-state index in [1.165, 1.54) is 21.5 Å². The van der Waals surface area contributed by atoms with E-state index in [1.807, 2.05) is 0 Å². The van der Waals surface area contributed by atoms with E-state index in [-0.39, 0.29) is 6.15 Å². The van der Waals surface area contributed by atoms with Gasteiger partial charge < -0.3 is 0 Å². The first kappa shape index (κ1) is 9.69. The molecule has 0 unspecified atom stereocenters. The zero-order valence-corrected chi connectivity index (χ0v) is 8.22. The van der Waals surface area contributed by atoms with E-state index in [9.17, 15) is 0 Å². The van der Waals surface area contributed by atoms with Gasteiger partial charge in [0, 0.05) is 6.15 Å². The molecular formula is C14H10N. The molecule has 0 saturated carbocycles. The van der Waals surface area contributed by atoms with Crippen molar-refractivity contribution in [2.45, 2.75) is 0 Å². The summed E-state index contributed by atoms with van der Waals surface area (Å²) in [6.45, 7) is 0. The van der Waals surface area contributed by atoms with Crippen LogP contribution in [0.4, 0.5) is 0 Å². The van der Waals surface area contributed by atoms with Gasteiger partial charge in [0.2, 0.25) is 0 Å². The summed E-state index contributed by atoms with van der Waals surface area (Å²) >= 11 is 0. The quantitative estimate of drug-likeness (QED) is 0.488. The van der Waals surface area contributed by atoms with Gasteiger partial charge in [-0.2, -0.15) is 0 Å². The van der Waals surface area contributed by atoms with Gasteiger partial charge in [-0.05, 0) is 21.5 Å². The Kier molecular flexibility index (Phi) is 2.40. The van der Waals surface area contributed by atoms with Crippen molar-refractivity contribution < 1.29 is 0 Å². The van der Waals surface area contributed by atoms with Gasteiger partial charge in [0.05, 0.1) is 0 Å². The number of benzene rings is 3. The minimum Gasteiger partial charge on any atom is -0.0616 e. The maximum absolute atomic E-state index is 2.18. The third-order valence-electron chi connectivity index (χ3n) is 2.65. The van der Waals surface area contributed by atoms with E-state index < -0.39 is 0 Å². The Hall–Kier alpha value is -1.86. The molecule has 0 bridgehead atoms. The fraction of sp³-hybridized carbons (Fsp3) is 0. The highest BCUT2D eigenvalue weighted by molar-refractivity contribution is 6.07. The second-order valence-corrected chi connectivity index (χ2v) is 3.51. The van der Waals surface area contributed by atoms with Crippen LogP contribution in [0, 0.1) is 0 Å². The number of nitrogens with zero attached hydrogens (tertiary/aromatic N) is 1. The molecule has 0 atom stereocenters. The predicted octanol–water partition coefficient (Wildman–Crippen LogP) is 3.51. The molecule has 0 fully saturated rings. The van der Waals surface area contributed by atoms with Crippen molar-refractivity contribution in [1.82, 2.24) is 6.15 Å². The summed E-state index contributed by atoms with van der Waals surface area (Å²) in [6.07, 6.45) is 0. The lowest BCUT2D eigenvalue weighted by Gasteiger charge is -2.02. The lowest BCUT2D eigenvalue weighted by molar-refractivity contribution is 1.76. The van der Waals surface area contributed by atoms with E-state index in [1.54, 1.807) is 0 Å². The van der Waals surface area contributed by atoms with Gasteiger partial charge in [0.25, 0.3) is 0 Å². The van der Waals surface area contributed by atoms with Crippen LogP contribution < -0.4 is 6.15 Å². The number of fused-ring (bicyclic) bond motifs is 3. The first-order valence-corrected chi connectivity index (χ1v) is 4.82. The lowest BCUT2D eigenvalue weighted by atomic mass is 10.0. The van der Waals surface area contributed by atoms with Crippen molar-refractivity contribution in [2.24, 2.45) is 0 Å². The lowest BCUT2D eigenvalue weighted by Crippen LogP contribution is -1.75. The van der Waals surface area contributed by atoms with Gasteiger partial charge in [-0.15, -0.1) is 0 Å². The maximum Gasteiger partial charge on any atom is 0 e. The minimum absolute atomic E-state index is 0. The van der Waals surface area contributed by atoms with Gasteiger partial charge in [-0.25, -0.2) is 0 Å².